The maximum atomic E-state index is 12.0. The van der Waals surface area contributed by atoms with Crippen LogP contribution in [0.15, 0.2) is 35.8 Å². The van der Waals surface area contributed by atoms with Gasteiger partial charge in [-0.05, 0) is 49.3 Å². The first kappa shape index (κ1) is 16.8. The van der Waals surface area contributed by atoms with Gasteiger partial charge in [0.25, 0.3) is 0 Å². The molecule has 5 nitrogen and oxygen atoms in total. The summed E-state index contributed by atoms with van der Waals surface area (Å²) in [6, 6.07) is 7.97. The van der Waals surface area contributed by atoms with Crippen LogP contribution < -0.4 is 15.5 Å². The molecule has 6 heteroatoms. The van der Waals surface area contributed by atoms with Gasteiger partial charge in [0.2, 0.25) is 0 Å². The van der Waals surface area contributed by atoms with Gasteiger partial charge >= 0.3 is 6.03 Å². The number of hydrogen-bond acceptors (Lipinski definition) is 4. The van der Waals surface area contributed by atoms with Crippen molar-refractivity contribution in [2.24, 2.45) is 0 Å². The van der Waals surface area contributed by atoms with E-state index in [1.54, 1.807) is 11.3 Å². The predicted molar refractivity (Wildman–Crippen MR) is 98.4 cm³/mol. The largest absolute Gasteiger partial charge is 0.357 e. The fourth-order valence-electron chi connectivity index (χ4n) is 2.87. The Labute approximate surface area is 147 Å². The van der Waals surface area contributed by atoms with Crippen LogP contribution in [-0.2, 0) is 6.54 Å². The lowest BCUT2D eigenvalue weighted by Crippen LogP contribution is -2.36. The van der Waals surface area contributed by atoms with Crippen molar-refractivity contribution in [3.63, 3.8) is 0 Å². The Morgan fingerprint density at radius 3 is 2.79 bits per heavy atom. The van der Waals surface area contributed by atoms with Gasteiger partial charge in [0.05, 0.1) is 6.04 Å². The molecule has 0 aliphatic carbocycles. The number of carbonyl (C=O) groups is 1. The molecule has 24 heavy (non-hydrogen) atoms. The van der Waals surface area contributed by atoms with Crippen LogP contribution >= 0.6 is 11.3 Å². The number of urea groups is 1. The van der Waals surface area contributed by atoms with Crippen LogP contribution in [0.25, 0.3) is 0 Å². The number of rotatable bonds is 5. The Morgan fingerprint density at radius 1 is 1.29 bits per heavy atom. The van der Waals surface area contributed by atoms with Gasteiger partial charge in [-0.3, -0.25) is 0 Å². The number of piperidine rings is 1. The highest BCUT2D eigenvalue weighted by Gasteiger charge is 2.12. The highest BCUT2D eigenvalue weighted by atomic mass is 32.1. The van der Waals surface area contributed by atoms with E-state index >= 15 is 0 Å². The SMILES string of the molecule is CC(NC(=O)NCc1ccc(N2CCCCC2)nc1)c1cccs1. The van der Waals surface area contributed by atoms with Gasteiger partial charge in [-0.25, -0.2) is 9.78 Å². The molecule has 1 saturated heterocycles. The van der Waals surface area contributed by atoms with Crippen LogP contribution in [0.3, 0.4) is 0 Å². The molecule has 0 radical (unpaired) electrons. The van der Waals surface area contributed by atoms with Crippen molar-refractivity contribution >= 4 is 23.2 Å². The lowest BCUT2D eigenvalue weighted by atomic mass is 10.1. The van der Waals surface area contributed by atoms with Gasteiger partial charge in [-0.2, -0.15) is 0 Å². The molecule has 0 bridgehead atoms. The number of amides is 2. The molecule has 128 valence electrons. The van der Waals surface area contributed by atoms with Crippen LogP contribution in [-0.4, -0.2) is 24.1 Å². The minimum Gasteiger partial charge on any atom is -0.357 e. The van der Waals surface area contributed by atoms with Crippen molar-refractivity contribution in [3.05, 3.63) is 46.3 Å². The third kappa shape index (κ3) is 4.47. The van der Waals surface area contributed by atoms with E-state index in [1.807, 2.05) is 36.7 Å². The summed E-state index contributed by atoms with van der Waals surface area (Å²) >= 11 is 1.65. The average Bonchev–Trinajstić information content (AvgIpc) is 3.16. The zero-order chi connectivity index (χ0) is 16.8. The molecule has 1 aliphatic heterocycles. The van der Waals surface area contributed by atoms with Gasteiger partial charge in [0.1, 0.15) is 5.82 Å². The molecule has 0 aromatic carbocycles. The number of thiophene rings is 1. The van der Waals surface area contributed by atoms with Crippen molar-refractivity contribution in [1.82, 2.24) is 15.6 Å². The summed E-state index contributed by atoms with van der Waals surface area (Å²) in [7, 11) is 0. The molecular formula is C18H24N4OS. The Morgan fingerprint density at radius 2 is 2.12 bits per heavy atom. The molecule has 3 heterocycles. The zero-order valence-corrected chi connectivity index (χ0v) is 14.8. The minimum absolute atomic E-state index is 0.0182. The summed E-state index contributed by atoms with van der Waals surface area (Å²) in [5.41, 5.74) is 1.01. The number of nitrogens with zero attached hydrogens (tertiary/aromatic N) is 2. The second-order valence-electron chi connectivity index (χ2n) is 6.14. The second-order valence-corrected chi connectivity index (χ2v) is 7.12. The van der Waals surface area contributed by atoms with Crippen LogP contribution in [0.4, 0.5) is 10.6 Å². The molecule has 2 aromatic heterocycles. The summed E-state index contributed by atoms with van der Waals surface area (Å²) in [5.74, 6) is 1.04. The van der Waals surface area contributed by atoms with Crippen LogP contribution in [0, 0.1) is 0 Å². The van der Waals surface area contributed by atoms with E-state index in [-0.39, 0.29) is 12.1 Å². The lowest BCUT2D eigenvalue weighted by molar-refractivity contribution is 0.237. The van der Waals surface area contributed by atoms with Gasteiger partial charge in [-0.15, -0.1) is 11.3 Å². The summed E-state index contributed by atoms with van der Waals surface area (Å²) < 4.78 is 0. The van der Waals surface area contributed by atoms with E-state index in [1.165, 1.54) is 19.3 Å². The molecule has 1 aliphatic rings. The van der Waals surface area contributed by atoms with Gasteiger partial charge in [0.15, 0.2) is 0 Å². The summed E-state index contributed by atoms with van der Waals surface area (Å²) in [5, 5.41) is 7.85. The van der Waals surface area contributed by atoms with Crippen LogP contribution in [0.2, 0.25) is 0 Å². The van der Waals surface area contributed by atoms with Crippen molar-refractivity contribution in [2.45, 2.75) is 38.8 Å². The van der Waals surface area contributed by atoms with Crippen LogP contribution in [0.5, 0.6) is 0 Å². The van der Waals surface area contributed by atoms with E-state index in [0.717, 1.165) is 29.3 Å². The van der Waals surface area contributed by atoms with E-state index in [4.69, 9.17) is 0 Å². The number of pyridine rings is 1. The molecule has 2 amide bonds. The maximum absolute atomic E-state index is 12.0. The van der Waals surface area contributed by atoms with E-state index in [9.17, 15) is 4.79 Å². The third-order valence-electron chi connectivity index (χ3n) is 4.26. The topological polar surface area (TPSA) is 57.3 Å². The number of hydrogen-bond donors (Lipinski definition) is 2. The molecule has 2 aromatic rings. The molecular weight excluding hydrogens is 320 g/mol. The zero-order valence-electron chi connectivity index (χ0n) is 14.0. The second kappa shape index (κ2) is 8.15. The minimum atomic E-state index is -0.156. The molecule has 3 rings (SSSR count). The lowest BCUT2D eigenvalue weighted by Gasteiger charge is -2.27. The Hall–Kier alpha value is -2.08. The Bertz CT molecular complexity index is 636. The molecule has 1 fully saturated rings. The molecule has 1 atom stereocenters. The monoisotopic (exact) mass is 344 g/mol. The Kier molecular flexibility index (Phi) is 5.69. The Balaban J connectivity index is 1.46. The fraction of sp³-hybridized carbons (Fsp3) is 0.444. The molecule has 0 spiro atoms. The molecule has 2 N–H and O–H groups in total. The summed E-state index contributed by atoms with van der Waals surface area (Å²) in [4.78, 5) is 20.0. The number of aromatic nitrogens is 1. The third-order valence-corrected chi connectivity index (χ3v) is 5.31. The van der Waals surface area contributed by atoms with Crippen molar-refractivity contribution < 1.29 is 4.79 Å². The predicted octanol–water partition coefficient (Wildman–Crippen LogP) is 3.69. The highest BCUT2D eigenvalue weighted by molar-refractivity contribution is 7.10. The quantitative estimate of drug-likeness (QED) is 0.870. The van der Waals surface area contributed by atoms with Gasteiger partial charge < -0.3 is 15.5 Å². The molecule has 0 saturated carbocycles. The first-order valence-electron chi connectivity index (χ1n) is 8.50. The van der Waals surface area contributed by atoms with Crippen molar-refractivity contribution in [2.75, 3.05) is 18.0 Å². The number of nitrogens with one attached hydrogen (secondary N) is 2. The van der Waals surface area contributed by atoms with Gasteiger partial charge in [0, 0.05) is 30.7 Å². The van der Waals surface area contributed by atoms with E-state index in [0.29, 0.717) is 6.54 Å². The first-order chi connectivity index (χ1) is 11.7. The summed E-state index contributed by atoms with van der Waals surface area (Å²) in [6.07, 6.45) is 5.66. The normalized spacial score (nSPS) is 15.8. The average molecular weight is 344 g/mol. The highest BCUT2D eigenvalue weighted by Crippen LogP contribution is 2.18. The smallest absolute Gasteiger partial charge is 0.315 e. The first-order valence-corrected chi connectivity index (χ1v) is 9.38. The maximum Gasteiger partial charge on any atom is 0.315 e. The van der Waals surface area contributed by atoms with E-state index < -0.39 is 0 Å². The number of carbonyl (C=O) groups excluding carboxylic acids is 1. The standard InChI is InChI=1S/C18H24N4OS/c1-14(16-6-5-11-24-16)21-18(23)20-13-15-7-8-17(19-12-15)22-9-3-2-4-10-22/h5-8,11-12,14H,2-4,9-10,13H2,1H3,(H2,20,21,23). The number of anilines is 1. The van der Waals surface area contributed by atoms with Gasteiger partial charge in [-0.1, -0.05) is 12.1 Å². The van der Waals surface area contributed by atoms with E-state index in [2.05, 4.69) is 26.6 Å². The van der Waals surface area contributed by atoms with Crippen molar-refractivity contribution in [3.8, 4) is 0 Å². The molecule has 1 unspecified atom stereocenters. The summed E-state index contributed by atoms with van der Waals surface area (Å²) in [6.45, 7) is 4.65. The van der Waals surface area contributed by atoms with Crippen molar-refractivity contribution in [1.29, 1.82) is 0 Å². The fourth-order valence-corrected chi connectivity index (χ4v) is 3.60. The van der Waals surface area contributed by atoms with Crippen LogP contribution in [0.1, 0.15) is 42.7 Å².